The third kappa shape index (κ3) is 7.47. The van der Waals surface area contributed by atoms with Crippen LogP contribution in [-0.2, 0) is 13.1 Å². The maximum atomic E-state index is 12.5. The summed E-state index contributed by atoms with van der Waals surface area (Å²) in [6.07, 6.45) is 0. The van der Waals surface area contributed by atoms with Gasteiger partial charge >= 0.3 is 6.61 Å². The van der Waals surface area contributed by atoms with Gasteiger partial charge in [0.05, 0.1) is 0 Å². The van der Waals surface area contributed by atoms with Crippen LogP contribution in [0, 0.1) is 0 Å². The molecule has 6 nitrogen and oxygen atoms in total. The summed E-state index contributed by atoms with van der Waals surface area (Å²) in [4.78, 5) is 15.3. The van der Waals surface area contributed by atoms with Crippen LogP contribution < -0.4 is 21.1 Å². The minimum Gasteiger partial charge on any atom is -0.434 e. The van der Waals surface area contributed by atoms with Gasteiger partial charge in [-0.25, -0.2) is 0 Å². The number of nitrogens with one attached hydrogen (secondary N) is 2. The van der Waals surface area contributed by atoms with Crippen molar-refractivity contribution in [2.24, 2.45) is 10.7 Å². The highest BCUT2D eigenvalue weighted by Crippen LogP contribution is 2.24. The van der Waals surface area contributed by atoms with Crippen LogP contribution in [0.4, 0.5) is 8.78 Å². The van der Waals surface area contributed by atoms with E-state index in [-0.39, 0.29) is 36.3 Å². The highest BCUT2D eigenvalue weighted by atomic mass is 127. The summed E-state index contributed by atoms with van der Waals surface area (Å²) >= 11 is 5.93. The number of nitrogens with zero attached hydrogens (tertiary/aromatic N) is 1. The van der Waals surface area contributed by atoms with Gasteiger partial charge in [-0.05, 0) is 35.9 Å². The summed E-state index contributed by atoms with van der Waals surface area (Å²) in [6, 6.07) is 11.3. The molecule has 10 heteroatoms. The molecule has 0 aromatic heterocycles. The number of ether oxygens (including phenoxy) is 1. The predicted octanol–water partition coefficient (Wildman–Crippen LogP) is 3.52. The lowest BCUT2D eigenvalue weighted by Crippen LogP contribution is -2.36. The first-order valence-electron chi connectivity index (χ1n) is 7.95. The van der Waals surface area contributed by atoms with E-state index >= 15 is 0 Å². The molecule has 0 saturated carbocycles. The Morgan fingerprint density at radius 3 is 2.57 bits per heavy atom. The fourth-order valence-corrected chi connectivity index (χ4v) is 2.51. The van der Waals surface area contributed by atoms with Crippen molar-refractivity contribution < 1.29 is 18.3 Å². The maximum absolute atomic E-state index is 12.5. The largest absolute Gasteiger partial charge is 0.434 e. The van der Waals surface area contributed by atoms with Crippen molar-refractivity contribution in [1.82, 2.24) is 10.6 Å². The van der Waals surface area contributed by atoms with Crippen molar-refractivity contribution >= 4 is 47.4 Å². The number of guanidine groups is 1. The first kappa shape index (κ1) is 23.9. The van der Waals surface area contributed by atoms with Gasteiger partial charge in [-0.15, -0.1) is 24.0 Å². The molecule has 2 aromatic carbocycles. The molecule has 0 bridgehead atoms. The number of hydrogen-bond acceptors (Lipinski definition) is 3. The lowest BCUT2D eigenvalue weighted by molar-refractivity contribution is -0.0504. The molecule has 0 aliphatic heterocycles. The number of nitrogens with two attached hydrogens (primary N) is 1. The van der Waals surface area contributed by atoms with Gasteiger partial charge in [0.25, 0.3) is 0 Å². The van der Waals surface area contributed by atoms with E-state index < -0.39 is 12.5 Å². The summed E-state index contributed by atoms with van der Waals surface area (Å²) in [5.41, 5.74) is 6.97. The van der Waals surface area contributed by atoms with Crippen LogP contribution in [0.2, 0.25) is 5.02 Å². The van der Waals surface area contributed by atoms with E-state index in [1.165, 1.54) is 18.2 Å². The van der Waals surface area contributed by atoms with Gasteiger partial charge in [-0.1, -0.05) is 23.7 Å². The Morgan fingerprint density at radius 1 is 1.21 bits per heavy atom. The summed E-state index contributed by atoms with van der Waals surface area (Å²) in [6.45, 7) is -2.37. The third-order valence-corrected chi connectivity index (χ3v) is 3.82. The van der Waals surface area contributed by atoms with E-state index in [9.17, 15) is 13.6 Å². The zero-order valence-corrected chi connectivity index (χ0v) is 18.0. The van der Waals surface area contributed by atoms with Crippen LogP contribution in [0.15, 0.2) is 47.5 Å². The number of amides is 1. The zero-order chi connectivity index (χ0) is 19.8. The molecule has 152 valence electrons. The van der Waals surface area contributed by atoms with Crippen LogP contribution in [-0.4, -0.2) is 25.5 Å². The first-order chi connectivity index (χ1) is 12.9. The zero-order valence-electron chi connectivity index (χ0n) is 14.9. The number of carbonyl (C=O) groups excluding carboxylic acids is 1. The van der Waals surface area contributed by atoms with Crippen LogP contribution in [0.25, 0.3) is 0 Å². The molecule has 0 unspecified atom stereocenters. The van der Waals surface area contributed by atoms with Gasteiger partial charge in [0.15, 0.2) is 5.96 Å². The fourth-order valence-electron chi connectivity index (χ4n) is 2.32. The monoisotopic (exact) mass is 524 g/mol. The Balaban J connectivity index is 0.00000392. The Morgan fingerprint density at radius 2 is 1.93 bits per heavy atom. The molecule has 0 aliphatic carbocycles. The van der Waals surface area contributed by atoms with Crippen LogP contribution in [0.3, 0.4) is 0 Å². The van der Waals surface area contributed by atoms with Crippen molar-refractivity contribution in [2.45, 2.75) is 19.7 Å². The summed E-state index contributed by atoms with van der Waals surface area (Å²) in [5, 5.41) is 6.46. The molecule has 0 fully saturated rings. The summed E-state index contributed by atoms with van der Waals surface area (Å²) in [5.74, 6) is -0.0409. The van der Waals surface area contributed by atoms with Crippen LogP contribution in [0.1, 0.15) is 21.5 Å². The standard InChI is InChI=1S/C18H19ClF2N4O2.HI/c1-23-18(24-9-11-3-2-4-12(7-11)16(22)26)25-10-13-8-14(19)5-6-15(13)27-17(20)21;/h2-8,17H,9-10H2,1H3,(H2,22,26)(H2,23,24,25);1H. The number of halogens is 4. The van der Waals surface area contributed by atoms with Crippen molar-refractivity contribution in [1.29, 1.82) is 0 Å². The van der Waals surface area contributed by atoms with Gasteiger partial charge in [-0.2, -0.15) is 8.78 Å². The highest BCUT2D eigenvalue weighted by molar-refractivity contribution is 14.0. The molecule has 0 aliphatic rings. The Labute approximate surface area is 183 Å². The van der Waals surface area contributed by atoms with Crippen molar-refractivity contribution in [3.8, 4) is 5.75 Å². The molecule has 4 N–H and O–H groups in total. The first-order valence-corrected chi connectivity index (χ1v) is 8.33. The lowest BCUT2D eigenvalue weighted by Gasteiger charge is -2.15. The van der Waals surface area contributed by atoms with Crippen molar-refractivity contribution in [2.75, 3.05) is 7.05 Å². The molecule has 0 spiro atoms. The summed E-state index contributed by atoms with van der Waals surface area (Å²) < 4.78 is 29.5. The Kier molecular flexibility index (Phi) is 9.94. The van der Waals surface area contributed by atoms with Crippen LogP contribution >= 0.6 is 35.6 Å². The molecule has 0 saturated heterocycles. The topological polar surface area (TPSA) is 88.7 Å². The molecule has 28 heavy (non-hydrogen) atoms. The minimum atomic E-state index is -2.93. The molecule has 0 heterocycles. The second-order valence-corrected chi connectivity index (χ2v) is 5.91. The Hall–Kier alpha value is -2.14. The number of aliphatic imine (C=N–C) groups is 1. The third-order valence-electron chi connectivity index (χ3n) is 3.58. The second-order valence-electron chi connectivity index (χ2n) is 5.47. The normalized spacial score (nSPS) is 11.0. The van der Waals surface area contributed by atoms with Gasteiger partial charge in [0.1, 0.15) is 5.75 Å². The molecule has 0 radical (unpaired) electrons. The van der Waals surface area contributed by atoms with Gasteiger partial charge in [-0.3, -0.25) is 9.79 Å². The molecular weight excluding hydrogens is 505 g/mol. The average Bonchev–Trinajstić information content (AvgIpc) is 2.63. The van der Waals surface area contributed by atoms with E-state index in [2.05, 4.69) is 20.4 Å². The van der Waals surface area contributed by atoms with Gasteiger partial charge in [0.2, 0.25) is 5.91 Å². The molecule has 1 amide bonds. The number of hydrogen-bond donors (Lipinski definition) is 3. The van der Waals surface area contributed by atoms with E-state index in [4.69, 9.17) is 17.3 Å². The molecule has 2 rings (SSSR count). The lowest BCUT2D eigenvalue weighted by atomic mass is 10.1. The summed E-state index contributed by atoms with van der Waals surface area (Å²) in [7, 11) is 1.57. The number of primary amides is 1. The predicted molar refractivity (Wildman–Crippen MR) is 115 cm³/mol. The molecule has 2 aromatic rings. The number of alkyl halides is 2. The van der Waals surface area contributed by atoms with E-state index in [1.54, 1.807) is 25.2 Å². The number of benzene rings is 2. The van der Waals surface area contributed by atoms with Gasteiger partial charge in [0, 0.05) is 36.3 Å². The minimum absolute atomic E-state index is 0. The van der Waals surface area contributed by atoms with Crippen LogP contribution in [0.5, 0.6) is 5.75 Å². The fraction of sp³-hybridized carbons (Fsp3) is 0.222. The smallest absolute Gasteiger partial charge is 0.387 e. The number of carbonyl (C=O) groups is 1. The SMILES string of the molecule is CN=C(NCc1cccc(C(N)=O)c1)NCc1cc(Cl)ccc1OC(F)F.I. The quantitative estimate of drug-likeness (QED) is 0.294. The number of rotatable bonds is 7. The van der Waals surface area contributed by atoms with E-state index in [0.717, 1.165) is 5.56 Å². The maximum Gasteiger partial charge on any atom is 0.387 e. The van der Waals surface area contributed by atoms with Crippen molar-refractivity contribution in [3.05, 3.63) is 64.2 Å². The average molecular weight is 525 g/mol. The second kappa shape index (κ2) is 11.6. The Bertz CT molecular complexity index is 837. The molecule has 0 atom stereocenters. The van der Waals surface area contributed by atoms with E-state index in [0.29, 0.717) is 28.7 Å². The van der Waals surface area contributed by atoms with E-state index in [1.807, 2.05) is 6.07 Å². The van der Waals surface area contributed by atoms with Gasteiger partial charge < -0.3 is 21.1 Å². The molecular formula is C18H20ClF2IN4O2. The van der Waals surface area contributed by atoms with Crippen molar-refractivity contribution in [3.63, 3.8) is 0 Å². The highest BCUT2D eigenvalue weighted by Gasteiger charge is 2.11.